The van der Waals surface area contributed by atoms with Gasteiger partial charge in [0, 0.05) is 7.05 Å². The van der Waals surface area contributed by atoms with Crippen LogP contribution in [0.5, 0.6) is 0 Å². The zero-order valence-electron chi connectivity index (χ0n) is 10.6. The molecule has 17 heavy (non-hydrogen) atoms. The van der Waals surface area contributed by atoms with E-state index in [1.54, 1.807) is 24.6 Å². The SMILES string of the molecule is CCN(Cc1ncc(Cl)n1C)C(C)(C)C(=O)O. The van der Waals surface area contributed by atoms with Gasteiger partial charge in [-0.25, -0.2) is 4.98 Å². The summed E-state index contributed by atoms with van der Waals surface area (Å²) in [6.45, 7) is 6.38. The van der Waals surface area contributed by atoms with Crippen LogP contribution in [0.4, 0.5) is 0 Å². The number of aliphatic carboxylic acids is 1. The minimum atomic E-state index is -0.923. The number of carboxylic acids is 1. The van der Waals surface area contributed by atoms with Crippen LogP contribution in [0.3, 0.4) is 0 Å². The zero-order valence-corrected chi connectivity index (χ0v) is 11.3. The second kappa shape index (κ2) is 5.06. The first-order valence-corrected chi connectivity index (χ1v) is 5.83. The molecule has 0 fully saturated rings. The summed E-state index contributed by atoms with van der Waals surface area (Å²) >= 11 is 5.90. The smallest absolute Gasteiger partial charge is 0.323 e. The average molecular weight is 260 g/mol. The molecule has 6 heteroatoms. The highest BCUT2D eigenvalue weighted by Crippen LogP contribution is 2.19. The van der Waals surface area contributed by atoms with Crippen molar-refractivity contribution in [1.82, 2.24) is 14.5 Å². The molecular formula is C11H18ClN3O2. The fourth-order valence-corrected chi connectivity index (χ4v) is 1.73. The number of halogens is 1. The van der Waals surface area contributed by atoms with Crippen molar-refractivity contribution < 1.29 is 9.90 Å². The third-order valence-electron chi connectivity index (χ3n) is 3.06. The number of imidazole rings is 1. The number of carbonyl (C=O) groups is 1. The van der Waals surface area contributed by atoms with Crippen LogP contribution in [0.25, 0.3) is 0 Å². The van der Waals surface area contributed by atoms with E-state index in [2.05, 4.69) is 4.98 Å². The Morgan fingerprint density at radius 1 is 1.65 bits per heavy atom. The van der Waals surface area contributed by atoms with E-state index in [-0.39, 0.29) is 0 Å². The van der Waals surface area contributed by atoms with Gasteiger partial charge >= 0.3 is 5.97 Å². The van der Waals surface area contributed by atoms with E-state index in [1.807, 2.05) is 18.9 Å². The highest BCUT2D eigenvalue weighted by Gasteiger charge is 2.34. The first-order valence-electron chi connectivity index (χ1n) is 5.45. The molecule has 96 valence electrons. The van der Waals surface area contributed by atoms with Gasteiger partial charge in [-0.15, -0.1) is 0 Å². The molecule has 0 atom stereocenters. The molecule has 0 spiro atoms. The first kappa shape index (κ1) is 14.0. The molecule has 1 heterocycles. The summed E-state index contributed by atoms with van der Waals surface area (Å²) in [7, 11) is 1.81. The fraction of sp³-hybridized carbons (Fsp3) is 0.636. The molecule has 0 saturated carbocycles. The van der Waals surface area contributed by atoms with Gasteiger partial charge in [0.05, 0.1) is 12.7 Å². The molecule has 1 N–H and O–H groups in total. The second-order valence-electron chi connectivity index (χ2n) is 4.43. The highest BCUT2D eigenvalue weighted by atomic mass is 35.5. The number of hydrogen-bond donors (Lipinski definition) is 1. The lowest BCUT2D eigenvalue weighted by molar-refractivity contribution is -0.149. The van der Waals surface area contributed by atoms with Gasteiger partial charge in [0.15, 0.2) is 0 Å². The minimum absolute atomic E-state index is 0.457. The Hall–Kier alpha value is -1.07. The predicted octanol–water partition coefficient (Wildman–Crippen LogP) is 1.76. The lowest BCUT2D eigenvalue weighted by Crippen LogP contribution is -2.49. The van der Waals surface area contributed by atoms with Crippen molar-refractivity contribution in [3.63, 3.8) is 0 Å². The number of rotatable bonds is 5. The quantitative estimate of drug-likeness (QED) is 0.875. The van der Waals surface area contributed by atoms with Gasteiger partial charge in [0.25, 0.3) is 0 Å². The molecule has 5 nitrogen and oxygen atoms in total. The van der Waals surface area contributed by atoms with Crippen molar-refractivity contribution in [3.05, 3.63) is 17.2 Å². The van der Waals surface area contributed by atoms with E-state index in [1.165, 1.54) is 0 Å². The molecule has 0 aromatic carbocycles. The maximum absolute atomic E-state index is 11.2. The van der Waals surface area contributed by atoms with Crippen molar-refractivity contribution in [1.29, 1.82) is 0 Å². The summed E-state index contributed by atoms with van der Waals surface area (Å²) in [5, 5.41) is 9.75. The van der Waals surface area contributed by atoms with Crippen LogP contribution in [-0.2, 0) is 18.4 Å². The molecule has 0 aliphatic carbocycles. The lowest BCUT2D eigenvalue weighted by atomic mass is 10.0. The van der Waals surface area contributed by atoms with E-state index in [0.29, 0.717) is 18.2 Å². The molecule has 0 saturated heterocycles. The lowest BCUT2D eigenvalue weighted by Gasteiger charge is -2.33. The van der Waals surface area contributed by atoms with Crippen molar-refractivity contribution >= 4 is 17.6 Å². The molecule has 0 amide bonds. The molecule has 1 rings (SSSR count). The first-order chi connectivity index (χ1) is 7.80. The number of likely N-dealkylation sites (N-methyl/N-ethyl adjacent to an activating group) is 1. The Balaban J connectivity index is 2.91. The van der Waals surface area contributed by atoms with Gasteiger partial charge in [-0.3, -0.25) is 9.69 Å². The summed E-state index contributed by atoms with van der Waals surface area (Å²) in [4.78, 5) is 17.2. The van der Waals surface area contributed by atoms with Crippen LogP contribution in [-0.4, -0.2) is 37.6 Å². The van der Waals surface area contributed by atoms with E-state index >= 15 is 0 Å². The van der Waals surface area contributed by atoms with E-state index in [4.69, 9.17) is 11.6 Å². The maximum Gasteiger partial charge on any atom is 0.323 e. The molecule has 0 radical (unpaired) electrons. The topological polar surface area (TPSA) is 58.4 Å². The monoisotopic (exact) mass is 259 g/mol. The third kappa shape index (κ3) is 2.79. The van der Waals surface area contributed by atoms with Crippen molar-refractivity contribution in [2.24, 2.45) is 7.05 Å². The Labute approximate surface area is 106 Å². The van der Waals surface area contributed by atoms with Crippen molar-refractivity contribution in [2.75, 3.05) is 6.54 Å². The Bertz CT molecular complexity index is 415. The molecule has 1 aromatic rings. The highest BCUT2D eigenvalue weighted by molar-refractivity contribution is 6.29. The van der Waals surface area contributed by atoms with E-state index in [0.717, 1.165) is 5.82 Å². The molecule has 0 unspecified atom stereocenters. The number of carboxylic acid groups (broad SMARTS) is 1. The summed E-state index contributed by atoms with van der Waals surface area (Å²) in [5.74, 6) is -0.0918. The minimum Gasteiger partial charge on any atom is -0.480 e. The van der Waals surface area contributed by atoms with Gasteiger partial charge in [0.1, 0.15) is 16.5 Å². The number of nitrogens with zero attached hydrogens (tertiary/aromatic N) is 3. The largest absolute Gasteiger partial charge is 0.480 e. The molecule has 0 aliphatic rings. The molecular weight excluding hydrogens is 242 g/mol. The van der Waals surface area contributed by atoms with Gasteiger partial charge < -0.3 is 9.67 Å². The summed E-state index contributed by atoms with van der Waals surface area (Å²) in [5.41, 5.74) is -0.923. The van der Waals surface area contributed by atoms with Crippen LogP contribution >= 0.6 is 11.6 Å². The van der Waals surface area contributed by atoms with Crippen LogP contribution < -0.4 is 0 Å². The predicted molar refractivity (Wildman–Crippen MR) is 66.0 cm³/mol. The number of aromatic nitrogens is 2. The normalized spacial score (nSPS) is 12.1. The average Bonchev–Trinajstić information content (AvgIpc) is 2.56. The summed E-state index contributed by atoms with van der Waals surface area (Å²) < 4.78 is 1.75. The molecule has 0 bridgehead atoms. The summed E-state index contributed by atoms with van der Waals surface area (Å²) in [6, 6.07) is 0. The van der Waals surface area contributed by atoms with Gasteiger partial charge in [0.2, 0.25) is 0 Å². The Morgan fingerprint density at radius 3 is 2.59 bits per heavy atom. The van der Waals surface area contributed by atoms with E-state index < -0.39 is 11.5 Å². The number of hydrogen-bond acceptors (Lipinski definition) is 3. The third-order valence-corrected chi connectivity index (χ3v) is 3.41. The Kier molecular flexibility index (Phi) is 4.16. The van der Waals surface area contributed by atoms with Gasteiger partial charge in [-0.1, -0.05) is 18.5 Å². The standard InChI is InChI=1S/C11H18ClN3O2/c1-5-15(11(2,3)10(16)17)7-9-13-6-8(12)14(9)4/h6H,5,7H2,1-4H3,(H,16,17). The van der Waals surface area contributed by atoms with Crippen molar-refractivity contribution in [3.8, 4) is 0 Å². The van der Waals surface area contributed by atoms with Crippen LogP contribution in [0.15, 0.2) is 6.20 Å². The Morgan fingerprint density at radius 2 is 2.24 bits per heavy atom. The second-order valence-corrected chi connectivity index (χ2v) is 4.82. The zero-order chi connectivity index (χ0) is 13.2. The van der Waals surface area contributed by atoms with Crippen molar-refractivity contribution in [2.45, 2.75) is 32.9 Å². The van der Waals surface area contributed by atoms with Crippen LogP contribution in [0.2, 0.25) is 5.15 Å². The van der Waals surface area contributed by atoms with Gasteiger partial charge in [-0.2, -0.15) is 0 Å². The maximum atomic E-state index is 11.2. The summed E-state index contributed by atoms with van der Waals surface area (Å²) in [6.07, 6.45) is 1.57. The van der Waals surface area contributed by atoms with Crippen LogP contribution in [0.1, 0.15) is 26.6 Å². The van der Waals surface area contributed by atoms with Crippen LogP contribution in [0, 0.1) is 0 Å². The fourth-order valence-electron chi connectivity index (χ4n) is 1.58. The molecule has 1 aromatic heterocycles. The van der Waals surface area contributed by atoms with Gasteiger partial charge in [-0.05, 0) is 20.4 Å². The van der Waals surface area contributed by atoms with E-state index in [9.17, 15) is 9.90 Å². The molecule has 0 aliphatic heterocycles.